The maximum Gasteiger partial charge on any atom is 0.245 e. The second-order valence-electron chi connectivity index (χ2n) is 4.56. The van der Waals surface area contributed by atoms with Crippen LogP contribution in [0.3, 0.4) is 0 Å². The Kier molecular flexibility index (Phi) is 2.87. The van der Waals surface area contributed by atoms with Crippen LogP contribution >= 0.6 is 0 Å². The van der Waals surface area contributed by atoms with E-state index in [-0.39, 0.29) is 18.4 Å². The molecule has 2 amide bonds. The first-order chi connectivity index (χ1) is 8.01. The molecule has 17 heavy (non-hydrogen) atoms. The van der Waals surface area contributed by atoms with E-state index >= 15 is 0 Å². The third-order valence-corrected chi connectivity index (χ3v) is 3.04. The molecule has 1 N–H and O–H groups in total. The first-order valence-corrected chi connectivity index (χ1v) is 5.58. The summed E-state index contributed by atoms with van der Waals surface area (Å²) < 4.78 is 1.75. The van der Waals surface area contributed by atoms with Crippen LogP contribution in [0, 0.1) is 0 Å². The Labute approximate surface area is 99.6 Å². The van der Waals surface area contributed by atoms with Crippen molar-refractivity contribution in [3.8, 4) is 0 Å². The molecule has 1 aromatic heterocycles. The predicted molar refractivity (Wildman–Crippen MR) is 61.0 cm³/mol. The molecule has 0 aliphatic carbocycles. The van der Waals surface area contributed by atoms with E-state index in [2.05, 4.69) is 10.4 Å². The van der Waals surface area contributed by atoms with Gasteiger partial charge in [-0.2, -0.15) is 5.10 Å². The molecule has 0 atom stereocenters. The molecular weight excluding hydrogens is 220 g/mol. The average molecular weight is 236 g/mol. The number of nitrogens with one attached hydrogen (secondary N) is 1. The molecule has 0 aromatic carbocycles. The van der Waals surface area contributed by atoms with Gasteiger partial charge in [0.15, 0.2) is 0 Å². The third kappa shape index (κ3) is 2.15. The number of piperazine rings is 1. The molecule has 0 saturated carbocycles. The monoisotopic (exact) mass is 236 g/mol. The van der Waals surface area contributed by atoms with E-state index < -0.39 is 5.54 Å². The van der Waals surface area contributed by atoms with E-state index in [9.17, 15) is 9.59 Å². The van der Waals surface area contributed by atoms with Crippen molar-refractivity contribution in [2.75, 3.05) is 13.1 Å². The fourth-order valence-corrected chi connectivity index (χ4v) is 1.94. The summed E-state index contributed by atoms with van der Waals surface area (Å²) in [5.41, 5.74) is -0.789. The molecule has 6 heteroatoms. The highest BCUT2D eigenvalue weighted by Gasteiger charge is 2.41. The SMILES string of the molecule is CC1(C)C(=O)NCC(=O)N1CCn1cccn1. The molecule has 1 aliphatic rings. The highest BCUT2D eigenvalue weighted by Crippen LogP contribution is 2.18. The van der Waals surface area contributed by atoms with Crippen LogP contribution in [0.2, 0.25) is 0 Å². The van der Waals surface area contributed by atoms with Crippen LogP contribution in [0.5, 0.6) is 0 Å². The number of rotatable bonds is 3. The van der Waals surface area contributed by atoms with Gasteiger partial charge in [-0.3, -0.25) is 14.3 Å². The van der Waals surface area contributed by atoms with Gasteiger partial charge in [0, 0.05) is 18.9 Å². The summed E-state index contributed by atoms with van der Waals surface area (Å²) >= 11 is 0. The van der Waals surface area contributed by atoms with E-state index in [1.165, 1.54) is 0 Å². The number of nitrogens with zero attached hydrogens (tertiary/aromatic N) is 3. The Hall–Kier alpha value is -1.85. The van der Waals surface area contributed by atoms with Crippen molar-refractivity contribution in [2.45, 2.75) is 25.9 Å². The molecule has 92 valence electrons. The second kappa shape index (κ2) is 4.20. The molecule has 6 nitrogen and oxygen atoms in total. The Balaban J connectivity index is 2.06. The van der Waals surface area contributed by atoms with Crippen molar-refractivity contribution < 1.29 is 9.59 Å². The van der Waals surface area contributed by atoms with Gasteiger partial charge in [0.05, 0.1) is 13.1 Å². The molecule has 0 unspecified atom stereocenters. The summed E-state index contributed by atoms with van der Waals surface area (Å²) in [4.78, 5) is 25.1. The van der Waals surface area contributed by atoms with Gasteiger partial charge < -0.3 is 10.2 Å². The Bertz CT molecular complexity index is 425. The van der Waals surface area contributed by atoms with Crippen LogP contribution in [0.4, 0.5) is 0 Å². The topological polar surface area (TPSA) is 67.2 Å². The lowest BCUT2D eigenvalue weighted by atomic mass is 9.99. The summed E-state index contributed by atoms with van der Waals surface area (Å²) in [7, 11) is 0. The Morgan fingerprint density at radius 3 is 2.82 bits per heavy atom. The van der Waals surface area contributed by atoms with Gasteiger partial charge in [-0.25, -0.2) is 0 Å². The van der Waals surface area contributed by atoms with Crippen molar-refractivity contribution in [1.29, 1.82) is 0 Å². The maximum absolute atomic E-state index is 11.8. The van der Waals surface area contributed by atoms with Crippen molar-refractivity contribution in [3.05, 3.63) is 18.5 Å². The number of carbonyl (C=O) groups excluding carboxylic acids is 2. The first kappa shape index (κ1) is 11.6. The zero-order chi connectivity index (χ0) is 12.5. The average Bonchev–Trinajstić information content (AvgIpc) is 2.77. The zero-order valence-electron chi connectivity index (χ0n) is 10.0. The number of carbonyl (C=O) groups is 2. The molecule has 2 rings (SSSR count). The van der Waals surface area contributed by atoms with E-state index in [4.69, 9.17) is 0 Å². The Morgan fingerprint density at radius 2 is 2.18 bits per heavy atom. The van der Waals surface area contributed by atoms with Crippen LogP contribution in [0.1, 0.15) is 13.8 Å². The lowest BCUT2D eigenvalue weighted by molar-refractivity contribution is -0.151. The van der Waals surface area contributed by atoms with Gasteiger partial charge in [0.25, 0.3) is 0 Å². The number of hydrogen-bond donors (Lipinski definition) is 1. The van der Waals surface area contributed by atoms with Crippen LogP contribution in [0.15, 0.2) is 18.5 Å². The molecule has 0 radical (unpaired) electrons. The largest absolute Gasteiger partial charge is 0.345 e. The van der Waals surface area contributed by atoms with Gasteiger partial charge in [0.1, 0.15) is 5.54 Å². The van der Waals surface area contributed by atoms with Crippen molar-refractivity contribution in [1.82, 2.24) is 20.0 Å². The maximum atomic E-state index is 11.8. The first-order valence-electron chi connectivity index (χ1n) is 5.58. The molecule has 1 aromatic rings. The highest BCUT2D eigenvalue weighted by atomic mass is 16.2. The summed E-state index contributed by atoms with van der Waals surface area (Å²) in [5, 5.41) is 6.66. The van der Waals surface area contributed by atoms with E-state index in [1.807, 2.05) is 12.3 Å². The van der Waals surface area contributed by atoms with Crippen LogP contribution in [0.25, 0.3) is 0 Å². The highest BCUT2D eigenvalue weighted by molar-refractivity contribution is 5.97. The fraction of sp³-hybridized carbons (Fsp3) is 0.545. The summed E-state index contributed by atoms with van der Waals surface area (Å²) in [6, 6.07) is 1.83. The minimum Gasteiger partial charge on any atom is -0.345 e. The molecule has 0 spiro atoms. The smallest absolute Gasteiger partial charge is 0.245 e. The van der Waals surface area contributed by atoms with Gasteiger partial charge in [0.2, 0.25) is 11.8 Å². The molecule has 2 heterocycles. The number of amides is 2. The second-order valence-corrected chi connectivity index (χ2v) is 4.56. The molecule has 1 fully saturated rings. The molecular formula is C11H16N4O2. The normalized spacial score (nSPS) is 19.3. The standard InChI is InChI=1S/C11H16N4O2/c1-11(2)10(17)12-8-9(16)15(11)7-6-14-5-3-4-13-14/h3-5H,6-8H2,1-2H3,(H,12,17). The Morgan fingerprint density at radius 1 is 1.41 bits per heavy atom. The predicted octanol–water partition coefficient (Wildman–Crippen LogP) is -0.380. The lowest BCUT2D eigenvalue weighted by Gasteiger charge is -2.40. The number of hydrogen-bond acceptors (Lipinski definition) is 3. The van der Waals surface area contributed by atoms with Gasteiger partial charge >= 0.3 is 0 Å². The lowest BCUT2D eigenvalue weighted by Crippen LogP contribution is -2.64. The third-order valence-electron chi connectivity index (χ3n) is 3.04. The van der Waals surface area contributed by atoms with Crippen molar-refractivity contribution in [2.24, 2.45) is 0 Å². The van der Waals surface area contributed by atoms with Crippen LogP contribution in [-0.4, -0.2) is 45.1 Å². The minimum absolute atomic E-state index is 0.0539. The molecule has 1 saturated heterocycles. The zero-order valence-corrected chi connectivity index (χ0v) is 10.0. The van der Waals surface area contributed by atoms with Gasteiger partial charge in [-0.15, -0.1) is 0 Å². The van der Waals surface area contributed by atoms with Crippen LogP contribution in [-0.2, 0) is 16.1 Å². The fourth-order valence-electron chi connectivity index (χ4n) is 1.94. The minimum atomic E-state index is -0.789. The van der Waals surface area contributed by atoms with E-state index in [0.29, 0.717) is 13.1 Å². The van der Waals surface area contributed by atoms with Crippen molar-refractivity contribution in [3.63, 3.8) is 0 Å². The molecule has 1 aliphatic heterocycles. The summed E-state index contributed by atoms with van der Waals surface area (Å²) in [6.45, 7) is 4.67. The van der Waals surface area contributed by atoms with Gasteiger partial charge in [-0.05, 0) is 19.9 Å². The van der Waals surface area contributed by atoms with Crippen LogP contribution < -0.4 is 5.32 Å². The summed E-state index contributed by atoms with van der Waals surface area (Å²) in [6.07, 6.45) is 3.53. The van der Waals surface area contributed by atoms with Gasteiger partial charge in [-0.1, -0.05) is 0 Å². The quantitative estimate of drug-likeness (QED) is 0.778. The van der Waals surface area contributed by atoms with E-state index in [0.717, 1.165) is 0 Å². The van der Waals surface area contributed by atoms with Crippen molar-refractivity contribution >= 4 is 11.8 Å². The molecule has 0 bridgehead atoms. The number of aromatic nitrogens is 2. The summed E-state index contributed by atoms with van der Waals surface area (Å²) in [5.74, 6) is -0.167. The van der Waals surface area contributed by atoms with E-state index in [1.54, 1.807) is 29.6 Å².